The van der Waals surface area contributed by atoms with Gasteiger partial charge in [0.05, 0.1) is 12.5 Å². The highest BCUT2D eigenvalue weighted by Gasteiger charge is 2.30. The van der Waals surface area contributed by atoms with Crippen molar-refractivity contribution >= 4 is 5.97 Å². The second-order valence-electron chi connectivity index (χ2n) is 5.11. The van der Waals surface area contributed by atoms with Crippen LogP contribution in [0.5, 0.6) is 0 Å². The molecular weight excluding hydrogens is 271 g/mol. The van der Waals surface area contributed by atoms with E-state index in [9.17, 15) is 18.0 Å². The number of rotatable bonds is 8. The van der Waals surface area contributed by atoms with Crippen molar-refractivity contribution in [2.24, 2.45) is 17.6 Å². The lowest BCUT2D eigenvalue weighted by atomic mass is 9.96. The van der Waals surface area contributed by atoms with E-state index >= 15 is 0 Å². The van der Waals surface area contributed by atoms with Crippen molar-refractivity contribution in [2.75, 3.05) is 13.2 Å². The van der Waals surface area contributed by atoms with Crippen LogP contribution >= 0.6 is 0 Å². The fourth-order valence-corrected chi connectivity index (χ4v) is 1.63. The molecule has 118 valence electrons. The molecule has 0 aliphatic heterocycles. The van der Waals surface area contributed by atoms with Crippen molar-refractivity contribution in [2.45, 2.75) is 46.2 Å². The summed E-state index contributed by atoms with van der Waals surface area (Å²) in [5.41, 5.74) is 4.69. The highest BCUT2D eigenvalue weighted by atomic mass is 19.4. The van der Waals surface area contributed by atoms with Crippen LogP contribution in [0.2, 0.25) is 0 Å². The molecule has 0 saturated carbocycles. The van der Waals surface area contributed by atoms with E-state index in [4.69, 9.17) is 10.5 Å². The van der Waals surface area contributed by atoms with Gasteiger partial charge in [0.25, 0.3) is 0 Å². The number of esters is 1. The SMILES string of the molecule is C/C(=C\[C@H](C)CC[C@H](C)C(=O)OCCCN)C(F)(F)F. The predicted octanol–water partition coefficient (Wildman–Crippen LogP) is 3.44. The summed E-state index contributed by atoms with van der Waals surface area (Å²) in [5.74, 6) is -0.854. The number of halogens is 3. The van der Waals surface area contributed by atoms with Crippen LogP contribution in [0.25, 0.3) is 0 Å². The molecule has 0 heterocycles. The number of hydrogen-bond acceptors (Lipinski definition) is 3. The Labute approximate surface area is 118 Å². The minimum atomic E-state index is -4.28. The molecule has 0 saturated heterocycles. The first-order valence-electron chi connectivity index (χ1n) is 6.80. The van der Waals surface area contributed by atoms with Crippen LogP contribution in [0.3, 0.4) is 0 Å². The smallest absolute Gasteiger partial charge is 0.412 e. The highest BCUT2D eigenvalue weighted by Crippen LogP contribution is 2.27. The van der Waals surface area contributed by atoms with Crippen LogP contribution in [0.1, 0.15) is 40.0 Å². The molecule has 0 aromatic carbocycles. The second kappa shape index (κ2) is 9.00. The van der Waals surface area contributed by atoms with E-state index in [-0.39, 0.29) is 17.8 Å². The molecule has 0 aromatic rings. The van der Waals surface area contributed by atoms with E-state index in [2.05, 4.69) is 0 Å². The molecule has 0 aromatic heterocycles. The summed E-state index contributed by atoms with van der Waals surface area (Å²) in [6, 6.07) is 0. The van der Waals surface area contributed by atoms with Gasteiger partial charge in [-0.3, -0.25) is 4.79 Å². The fraction of sp³-hybridized carbons (Fsp3) is 0.786. The molecule has 0 unspecified atom stereocenters. The number of ether oxygens (including phenoxy) is 1. The van der Waals surface area contributed by atoms with Gasteiger partial charge in [0.15, 0.2) is 0 Å². The molecule has 0 aliphatic carbocycles. The lowest BCUT2D eigenvalue weighted by molar-refractivity contribution is -0.148. The van der Waals surface area contributed by atoms with E-state index in [0.29, 0.717) is 32.4 Å². The van der Waals surface area contributed by atoms with Gasteiger partial charge in [-0.05, 0) is 38.6 Å². The van der Waals surface area contributed by atoms with Gasteiger partial charge in [-0.25, -0.2) is 0 Å². The molecule has 20 heavy (non-hydrogen) atoms. The van der Waals surface area contributed by atoms with E-state index in [1.54, 1.807) is 13.8 Å². The van der Waals surface area contributed by atoms with Gasteiger partial charge in [0.2, 0.25) is 0 Å². The number of carbonyl (C=O) groups is 1. The van der Waals surface area contributed by atoms with Crippen molar-refractivity contribution in [3.63, 3.8) is 0 Å². The van der Waals surface area contributed by atoms with E-state index in [1.165, 1.54) is 6.08 Å². The summed E-state index contributed by atoms with van der Waals surface area (Å²) in [6.07, 6.45) is -1.44. The average molecular weight is 295 g/mol. The Hall–Kier alpha value is -1.04. The molecule has 0 spiro atoms. The van der Waals surface area contributed by atoms with Crippen molar-refractivity contribution in [3.05, 3.63) is 11.6 Å². The Kier molecular flexibility index (Phi) is 8.53. The zero-order valence-corrected chi connectivity index (χ0v) is 12.3. The molecule has 2 atom stereocenters. The number of hydrogen-bond donors (Lipinski definition) is 1. The Morgan fingerprint density at radius 1 is 1.30 bits per heavy atom. The number of alkyl halides is 3. The van der Waals surface area contributed by atoms with Crippen LogP contribution in [0.15, 0.2) is 11.6 Å². The molecule has 3 nitrogen and oxygen atoms in total. The maximum atomic E-state index is 12.4. The first-order valence-corrected chi connectivity index (χ1v) is 6.80. The molecule has 0 fully saturated rings. The van der Waals surface area contributed by atoms with Gasteiger partial charge < -0.3 is 10.5 Å². The molecule has 0 aliphatic rings. The Morgan fingerprint density at radius 3 is 2.40 bits per heavy atom. The zero-order chi connectivity index (χ0) is 15.8. The Bertz CT molecular complexity index is 327. The summed E-state index contributed by atoms with van der Waals surface area (Å²) in [6.45, 7) is 5.24. The molecular formula is C14H24F3NO2. The monoisotopic (exact) mass is 295 g/mol. The Balaban J connectivity index is 4.11. The third-order valence-corrected chi connectivity index (χ3v) is 3.03. The summed E-state index contributed by atoms with van der Waals surface area (Å²) in [4.78, 5) is 11.6. The van der Waals surface area contributed by atoms with Crippen molar-refractivity contribution in [3.8, 4) is 0 Å². The number of nitrogens with two attached hydrogens (primary N) is 1. The predicted molar refractivity (Wildman–Crippen MR) is 72.0 cm³/mol. The standard InChI is InChI=1S/C14H24F3NO2/c1-10(9-12(3)14(15,16)17)5-6-11(2)13(19)20-8-4-7-18/h9-11H,4-8,18H2,1-3H3/b12-9+/t10-,11+/m1/s1. The largest absolute Gasteiger partial charge is 0.465 e. The molecule has 0 rings (SSSR count). The number of carbonyl (C=O) groups excluding carboxylic acids is 1. The van der Waals surface area contributed by atoms with Crippen molar-refractivity contribution in [1.82, 2.24) is 0 Å². The average Bonchev–Trinajstić information content (AvgIpc) is 2.34. The van der Waals surface area contributed by atoms with Crippen LogP contribution in [-0.2, 0) is 9.53 Å². The van der Waals surface area contributed by atoms with Crippen LogP contribution in [0, 0.1) is 11.8 Å². The number of allylic oxidation sites excluding steroid dienone is 2. The van der Waals surface area contributed by atoms with Crippen LogP contribution in [0.4, 0.5) is 13.2 Å². The lowest BCUT2D eigenvalue weighted by Crippen LogP contribution is -2.17. The van der Waals surface area contributed by atoms with Crippen molar-refractivity contribution in [1.29, 1.82) is 0 Å². The van der Waals surface area contributed by atoms with Crippen LogP contribution < -0.4 is 5.73 Å². The summed E-state index contributed by atoms with van der Waals surface area (Å²) in [5, 5.41) is 0. The van der Waals surface area contributed by atoms with Gasteiger partial charge in [-0.1, -0.05) is 19.9 Å². The van der Waals surface area contributed by atoms with Crippen LogP contribution in [-0.4, -0.2) is 25.3 Å². The van der Waals surface area contributed by atoms with E-state index in [0.717, 1.165) is 6.92 Å². The lowest BCUT2D eigenvalue weighted by Gasteiger charge is -2.14. The molecule has 2 N–H and O–H groups in total. The minimum absolute atomic E-state index is 0.226. The van der Waals surface area contributed by atoms with Crippen molar-refractivity contribution < 1.29 is 22.7 Å². The summed E-state index contributed by atoms with van der Waals surface area (Å²) < 4.78 is 42.1. The highest BCUT2D eigenvalue weighted by molar-refractivity contribution is 5.71. The summed E-state index contributed by atoms with van der Waals surface area (Å²) >= 11 is 0. The molecule has 0 radical (unpaired) electrons. The van der Waals surface area contributed by atoms with Gasteiger partial charge in [0, 0.05) is 5.57 Å². The van der Waals surface area contributed by atoms with E-state index in [1.807, 2.05) is 0 Å². The minimum Gasteiger partial charge on any atom is -0.465 e. The first kappa shape index (κ1) is 19.0. The topological polar surface area (TPSA) is 52.3 Å². The normalized spacial score (nSPS) is 15.8. The van der Waals surface area contributed by atoms with Gasteiger partial charge in [0.1, 0.15) is 0 Å². The zero-order valence-electron chi connectivity index (χ0n) is 12.3. The fourth-order valence-electron chi connectivity index (χ4n) is 1.63. The quantitative estimate of drug-likeness (QED) is 0.424. The first-order chi connectivity index (χ1) is 9.18. The molecule has 0 bridgehead atoms. The van der Waals surface area contributed by atoms with E-state index < -0.39 is 11.7 Å². The maximum Gasteiger partial charge on any atom is 0.412 e. The maximum absolute atomic E-state index is 12.4. The molecule has 0 amide bonds. The third kappa shape index (κ3) is 8.19. The third-order valence-electron chi connectivity index (χ3n) is 3.03. The molecule has 6 heteroatoms. The Morgan fingerprint density at radius 2 is 1.90 bits per heavy atom. The van der Waals surface area contributed by atoms with Gasteiger partial charge in [-0.2, -0.15) is 13.2 Å². The summed E-state index contributed by atoms with van der Waals surface area (Å²) in [7, 11) is 0. The van der Waals surface area contributed by atoms with Gasteiger partial charge in [-0.15, -0.1) is 0 Å². The second-order valence-corrected chi connectivity index (χ2v) is 5.11. The van der Waals surface area contributed by atoms with Gasteiger partial charge >= 0.3 is 12.1 Å².